The van der Waals surface area contributed by atoms with Crippen LogP contribution < -0.4 is 5.73 Å². The first-order valence-electron chi connectivity index (χ1n) is 6.70. The van der Waals surface area contributed by atoms with Crippen molar-refractivity contribution in [1.29, 1.82) is 0 Å². The maximum Gasteiger partial charge on any atom is 0.245 e. The fourth-order valence-corrected chi connectivity index (χ4v) is 4.79. The second-order valence-electron chi connectivity index (χ2n) is 5.67. The first-order valence-corrected chi connectivity index (χ1v) is 8.14. The summed E-state index contributed by atoms with van der Waals surface area (Å²) in [6.07, 6.45) is 1.07. The van der Waals surface area contributed by atoms with E-state index in [1.54, 1.807) is 28.6 Å². The Morgan fingerprint density at radius 1 is 1.21 bits per heavy atom. The molecule has 2 N–H and O–H groups in total. The minimum atomic E-state index is -3.50. The highest BCUT2D eigenvalue weighted by atomic mass is 32.2. The third kappa shape index (κ3) is 2.62. The molecule has 0 bridgehead atoms. The second kappa shape index (κ2) is 5.13. The fraction of sp³-hybridized carbons (Fsp3) is 0.571. The predicted octanol–water partition coefficient (Wildman–Crippen LogP) is 2.32. The molecule has 0 amide bonds. The zero-order valence-corrected chi connectivity index (χ0v) is 12.5. The third-order valence-electron chi connectivity index (χ3n) is 4.05. The lowest BCUT2D eigenvalue weighted by Crippen LogP contribution is -2.48. The lowest BCUT2D eigenvalue weighted by molar-refractivity contribution is 0.157. The van der Waals surface area contributed by atoms with E-state index in [-0.39, 0.29) is 10.9 Å². The van der Waals surface area contributed by atoms with Crippen LogP contribution in [0.4, 0.5) is 5.69 Å². The molecular weight excluding hydrogens is 260 g/mol. The van der Waals surface area contributed by atoms with Crippen LogP contribution >= 0.6 is 0 Å². The van der Waals surface area contributed by atoms with E-state index in [0.717, 1.165) is 6.42 Å². The molecule has 106 valence electrons. The quantitative estimate of drug-likeness (QED) is 0.847. The zero-order chi connectivity index (χ0) is 14.2. The van der Waals surface area contributed by atoms with Crippen LogP contribution in [0.2, 0.25) is 0 Å². The first-order chi connectivity index (χ1) is 8.84. The summed E-state index contributed by atoms with van der Waals surface area (Å²) >= 11 is 0. The van der Waals surface area contributed by atoms with E-state index in [4.69, 9.17) is 5.73 Å². The van der Waals surface area contributed by atoms with Crippen molar-refractivity contribution in [3.63, 3.8) is 0 Å². The number of nitrogens with zero attached hydrogens (tertiary/aromatic N) is 1. The highest BCUT2D eigenvalue weighted by molar-refractivity contribution is 7.89. The monoisotopic (exact) mass is 282 g/mol. The van der Waals surface area contributed by atoms with Crippen molar-refractivity contribution in [3.8, 4) is 0 Å². The Bertz CT molecular complexity index is 556. The zero-order valence-electron chi connectivity index (χ0n) is 11.7. The molecule has 0 spiro atoms. The number of hydrogen-bond donors (Lipinski definition) is 1. The Hall–Kier alpha value is -1.07. The van der Waals surface area contributed by atoms with Crippen LogP contribution in [0.3, 0.4) is 0 Å². The highest BCUT2D eigenvalue weighted by Crippen LogP contribution is 2.32. The molecular formula is C14H22N2O2S. The van der Waals surface area contributed by atoms with Gasteiger partial charge in [0.1, 0.15) is 4.90 Å². The molecule has 1 fully saturated rings. The third-order valence-corrected chi connectivity index (χ3v) is 6.08. The summed E-state index contributed by atoms with van der Waals surface area (Å²) in [6.45, 7) is 6.76. The van der Waals surface area contributed by atoms with Crippen molar-refractivity contribution in [3.05, 3.63) is 24.3 Å². The summed E-state index contributed by atoms with van der Waals surface area (Å²) in [5, 5.41) is 0. The number of nitrogens with two attached hydrogens (primary N) is 1. The minimum absolute atomic E-state index is 0.0146. The van der Waals surface area contributed by atoms with Gasteiger partial charge in [-0.05, 0) is 37.3 Å². The molecule has 5 heteroatoms. The van der Waals surface area contributed by atoms with E-state index >= 15 is 0 Å². The van der Waals surface area contributed by atoms with E-state index in [9.17, 15) is 8.42 Å². The second-order valence-corrected chi connectivity index (χ2v) is 7.53. The molecule has 1 aromatic carbocycles. The van der Waals surface area contributed by atoms with Gasteiger partial charge in [0.15, 0.2) is 0 Å². The normalized spacial score (nSPS) is 29.3. The summed E-state index contributed by atoms with van der Waals surface area (Å²) in [7, 11) is -3.50. The molecule has 0 radical (unpaired) electrons. The standard InChI is InChI=1S/C14H22N2O2S/c1-10-8-11(2)12(3)16(9-10)19(17,18)14-7-5-4-6-13(14)15/h4-7,10-12H,8-9,15H2,1-3H3. The molecule has 3 atom stereocenters. The van der Waals surface area contributed by atoms with E-state index < -0.39 is 10.0 Å². The summed E-state index contributed by atoms with van der Waals surface area (Å²) in [6, 6.07) is 6.69. The minimum Gasteiger partial charge on any atom is -0.398 e. The van der Waals surface area contributed by atoms with E-state index in [2.05, 4.69) is 13.8 Å². The van der Waals surface area contributed by atoms with Crippen LogP contribution in [0.5, 0.6) is 0 Å². The molecule has 1 aliphatic rings. The number of nitrogen functional groups attached to an aromatic ring is 1. The number of anilines is 1. The number of hydrogen-bond acceptors (Lipinski definition) is 3. The maximum atomic E-state index is 12.8. The number of sulfonamides is 1. The Balaban J connectivity index is 2.42. The molecule has 0 aliphatic carbocycles. The number of rotatable bonds is 2. The largest absolute Gasteiger partial charge is 0.398 e. The van der Waals surface area contributed by atoms with Crippen molar-refractivity contribution >= 4 is 15.7 Å². The Morgan fingerprint density at radius 2 is 1.84 bits per heavy atom. The van der Waals surface area contributed by atoms with Gasteiger partial charge in [0.05, 0.1) is 5.69 Å². The van der Waals surface area contributed by atoms with Crippen LogP contribution in [0.1, 0.15) is 27.2 Å². The number of piperidine rings is 1. The van der Waals surface area contributed by atoms with Crippen LogP contribution in [0.25, 0.3) is 0 Å². The van der Waals surface area contributed by atoms with Crippen LogP contribution in [-0.2, 0) is 10.0 Å². The molecule has 0 aromatic heterocycles. The molecule has 0 saturated carbocycles. The van der Waals surface area contributed by atoms with Gasteiger partial charge in [-0.15, -0.1) is 0 Å². The Kier molecular flexibility index (Phi) is 3.87. The van der Waals surface area contributed by atoms with Crippen LogP contribution in [0.15, 0.2) is 29.2 Å². The van der Waals surface area contributed by atoms with E-state index in [1.807, 2.05) is 6.92 Å². The molecule has 1 aliphatic heterocycles. The lowest BCUT2D eigenvalue weighted by Gasteiger charge is -2.40. The van der Waals surface area contributed by atoms with Gasteiger partial charge in [-0.1, -0.05) is 26.0 Å². The lowest BCUT2D eigenvalue weighted by atomic mass is 9.88. The first kappa shape index (κ1) is 14.3. The van der Waals surface area contributed by atoms with Crippen molar-refractivity contribution < 1.29 is 8.42 Å². The molecule has 19 heavy (non-hydrogen) atoms. The van der Waals surface area contributed by atoms with Crippen molar-refractivity contribution in [2.24, 2.45) is 11.8 Å². The van der Waals surface area contributed by atoms with Gasteiger partial charge >= 0.3 is 0 Å². The van der Waals surface area contributed by atoms with Crippen LogP contribution in [-0.4, -0.2) is 25.3 Å². The SMILES string of the molecule is CC1CC(C)C(C)N(S(=O)(=O)c2ccccc2N)C1. The number of para-hydroxylation sites is 1. The summed E-state index contributed by atoms with van der Waals surface area (Å²) < 4.78 is 27.1. The van der Waals surface area contributed by atoms with Crippen LogP contribution in [0, 0.1) is 11.8 Å². The summed E-state index contributed by atoms with van der Waals surface area (Å²) in [4.78, 5) is 0.225. The Labute approximate surface area is 115 Å². The van der Waals surface area contributed by atoms with Crippen molar-refractivity contribution in [1.82, 2.24) is 4.31 Å². The fourth-order valence-electron chi connectivity index (χ4n) is 2.82. The topological polar surface area (TPSA) is 63.4 Å². The van der Waals surface area contributed by atoms with Gasteiger partial charge in [0.25, 0.3) is 0 Å². The summed E-state index contributed by atoms with van der Waals surface area (Å²) in [5.41, 5.74) is 6.14. The molecule has 3 unspecified atom stereocenters. The molecule has 1 heterocycles. The molecule has 1 aromatic rings. The average molecular weight is 282 g/mol. The van der Waals surface area contributed by atoms with Gasteiger partial charge in [-0.3, -0.25) is 0 Å². The highest BCUT2D eigenvalue weighted by Gasteiger charge is 2.37. The predicted molar refractivity (Wildman–Crippen MR) is 77.2 cm³/mol. The molecule has 4 nitrogen and oxygen atoms in total. The van der Waals surface area contributed by atoms with Crippen molar-refractivity contribution in [2.45, 2.75) is 38.1 Å². The molecule has 2 rings (SSSR count). The molecule has 1 saturated heterocycles. The van der Waals surface area contributed by atoms with Gasteiger partial charge in [-0.25, -0.2) is 8.42 Å². The van der Waals surface area contributed by atoms with Gasteiger partial charge < -0.3 is 5.73 Å². The average Bonchev–Trinajstić information content (AvgIpc) is 2.34. The van der Waals surface area contributed by atoms with Gasteiger partial charge in [-0.2, -0.15) is 4.31 Å². The van der Waals surface area contributed by atoms with Gasteiger partial charge in [0, 0.05) is 12.6 Å². The number of benzene rings is 1. The van der Waals surface area contributed by atoms with E-state index in [0.29, 0.717) is 24.1 Å². The summed E-state index contributed by atoms with van der Waals surface area (Å²) in [5.74, 6) is 0.745. The van der Waals surface area contributed by atoms with E-state index in [1.165, 1.54) is 0 Å². The van der Waals surface area contributed by atoms with Gasteiger partial charge in [0.2, 0.25) is 10.0 Å². The Morgan fingerprint density at radius 3 is 2.47 bits per heavy atom. The maximum absolute atomic E-state index is 12.8. The smallest absolute Gasteiger partial charge is 0.245 e. The van der Waals surface area contributed by atoms with Crippen molar-refractivity contribution in [2.75, 3.05) is 12.3 Å².